The molecule has 0 aliphatic carbocycles. The van der Waals surface area contributed by atoms with Crippen LogP contribution >= 0.6 is 22.7 Å². The molecule has 0 spiro atoms. The first-order chi connectivity index (χ1) is 11.5. The average Bonchev–Trinajstić information content (AvgIpc) is 3.24. The number of nitrogens with zero attached hydrogens (tertiary/aromatic N) is 2. The van der Waals surface area contributed by atoms with Crippen LogP contribution in [-0.4, -0.2) is 21.0 Å². The molecule has 0 atom stereocenters. The third kappa shape index (κ3) is 3.55. The molecule has 0 fully saturated rings. The number of aryl methyl sites for hydroxylation is 1. The minimum absolute atomic E-state index is 0.158. The van der Waals surface area contributed by atoms with Gasteiger partial charge in [0.2, 0.25) is 0 Å². The van der Waals surface area contributed by atoms with Crippen LogP contribution in [0.5, 0.6) is 5.75 Å². The lowest BCUT2D eigenvalue weighted by Crippen LogP contribution is -2.12. The molecule has 8 heteroatoms. The molecular formula is C16H16N4O2S2. The largest absolute Gasteiger partial charge is 0.508 e. The highest BCUT2D eigenvalue weighted by Gasteiger charge is 2.14. The van der Waals surface area contributed by atoms with E-state index < -0.39 is 0 Å². The Morgan fingerprint density at radius 3 is 2.88 bits per heavy atom. The van der Waals surface area contributed by atoms with Crippen molar-refractivity contribution in [1.29, 1.82) is 0 Å². The Balaban J connectivity index is 1.69. The van der Waals surface area contributed by atoms with Crippen LogP contribution in [0, 0.1) is 13.8 Å². The third-order valence-corrected chi connectivity index (χ3v) is 5.22. The molecule has 3 aromatic rings. The number of phenols is 1. The van der Waals surface area contributed by atoms with Crippen LogP contribution < -0.4 is 10.6 Å². The van der Waals surface area contributed by atoms with E-state index in [2.05, 4.69) is 20.6 Å². The number of nitrogens with one attached hydrogen (secondary N) is 2. The predicted octanol–water partition coefficient (Wildman–Crippen LogP) is 3.79. The average molecular weight is 360 g/mol. The van der Waals surface area contributed by atoms with Gasteiger partial charge in [-0.15, -0.1) is 11.3 Å². The minimum Gasteiger partial charge on any atom is -0.508 e. The first kappa shape index (κ1) is 16.4. The van der Waals surface area contributed by atoms with E-state index in [-0.39, 0.29) is 11.7 Å². The number of phenolic OH excluding ortho intramolecular Hbond substituents is 1. The second-order valence-electron chi connectivity index (χ2n) is 5.16. The summed E-state index contributed by atoms with van der Waals surface area (Å²) in [4.78, 5) is 21.3. The van der Waals surface area contributed by atoms with Crippen LogP contribution in [0.15, 0.2) is 29.9 Å². The summed E-state index contributed by atoms with van der Waals surface area (Å²) in [6.07, 6.45) is 3.29. The molecule has 0 bridgehead atoms. The number of benzene rings is 1. The van der Waals surface area contributed by atoms with Gasteiger partial charge in [0.05, 0.1) is 18.4 Å². The van der Waals surface area contributed by atoms with Gasteiger partial charge in [0.1, 0.15) is 15.6 Å². The zero-order valence-corrected chi connectivity index (χ0v) is 14.8. The van der Waals surface area contributed by atoms with Gasteiger partial charge in [-0.2, -0.15) is 0 Å². The molecule has 2 heterocycles. The van der Waals surface area contributed by atoms with E-state index in [4.69, 9.17) is 0 Å². The number of hydrogen-bond donors (Lipinski definition) is 3. The Labute approximate surface area is 147 Å². The predicted molar refractivity (Wildman–Crippen MR) is 97.1 cm³/mol. The SMILES string of the molecule is Cc1ccc(O)c(C)c1NC(=O)c1cnc(NCc2nccs2)s1. The van der Waals surface area contributed by atoms with Crippen LogP contribution in [0.25, 0.3) is 0 Å². The van der Waals surface area contributed by atoms with Crippen LogP contribution in [0.1, 0.15) is 25.8 Å². The molecule has 3 N–H and O–H groups in total. The first-order valence-electron chi connectivity index (χ1n) is 7.23. The summed E-state index contributed by atoms with van der Waals surface area (Å²) in [5.41, 5.74) is 2.17. The van der Waals surface area contributed by atoms with Gasteiger partial charge in [-0.25, -0.2) is 9.97 Å². The van der Waals surface area contributed by atoms with Crippen LogP contribution in [0.4, 0.5) is 10.8 Å². The van der Waals surface area contributed by atoms with Crippen LogP contribution in [-0.2, 0) is 6.54 Å². The van der Waals surface area contributed by atoms with Crippen molar-refractivity contribution in [2.24, 2.45) is 0 Å². The number of hydrogen-bond acceptors (Lipinski definition) is 7. The van der Waals surface area contributed by atoms with Crippen molar-refractivity contribution in [2.75, 3.05) is 10.6 Å². The summed E-state index contributed by atoms with van der Waals surface area (Å²) in [7, 11) is 0. The van der Waals surface area contributed by atoms with Gasteiger partial charge in [-0.1, -0.05) is 17.4 Å². The molecule has 124 valence electrons. The van der Waals surface area contributed by atoms with Crippen LogP contribution in [0.3, 0.4) is 0 Å². The van der Waals surface area contributed by atoms with E-state index >= 15 is 0 Å². The highest BCUT2D eigenvalue weighted by molar-refractivity contribution is 7.17. The second kappa shape index (κ2) is 6.98. The van der Waals surface area contributed by atoms with Gasteiger partial charge in [0, 0.05) is 17.1 Å². The van der Waals surface area contributed by atoms with Crippen molar-refractivity contribution < 1.29 is 9.90 Å². The smallest absolute Gasteiger partial charge is 0.267 e. The molecule has 0 unspecified atom stereocenters. The van der Waals surface area contributed by atoms with Gasteiger partial charge in [-0.3, -0.25) is 4.79 Å². The van der Waals surface area contributed by atoms with E-state index in [0.717, 1.165) is 10.6 Å². The number of rotatable bonds is 5. The van der Waals surface area contributed by atoms with Crippen molar-refractivity contribution in [3.63, 3.8) is 0 Å². The molecule has 0 aliphatic heterocycles. The lowest BCUT2D eigenvalue weighted by molar-refractivity contribution is 0.103. The van der Waals surface area contributed by atoms with Crippen molar-refractivity contribution in [2.45, 2.75) is 20.4 Å². The molecule has 2 aromatic heterocycles. The highest BCUT2D eigenvalue weighted by atomic mass is 32.1. The molecule has 1 aromatic carbocycles. The van der Waals surface area contributed by atoms with Crippen molar-refractivity contribution >= 4 is 39.4 Å². The summed E-state index contributed by atoms with van der Waals surface area (Å²) >= 11 is 2.84. The number of amides is 1. The number of anilines is 2. The summed E-state index contributed by atoms with van der Waals surface area (Å²) in [6.45, 7) is 4.23. The van der Waals surface area contributed by atoms with Crippen LogP contribution in [0.2, 0.25) is 0 Å². The Bertz CT molecular complexity index is 859. The second-order valence-corrected chi connectivity index (χ2v) is 7.17. The standard InChI is InChI=1S/C16H16N4O2S2/c1-9-3-4-11(21)10(2)14(9)20-15(22)12-7-18-16(24-12)19-8-13-17-5-6-23-13/h3-7,21H,8H2,1-2H3,(H,18,19)(H,20,22). The molecule has 0 saturated heterocycles. The summed E-state index contributed by atoms with van der Waals surface area (Å²) < 4.78 is 0. The summed E-state index contributed by atoms with van der Waals surface area (Å²) in [5.74, 6) is -0.0855. The molecule has 0 saturated carbocycles. The molecule has 6 nitrogen and oxygen atoms in total. The molecule has 24 heavy (non-hydrogen) atoms. The van der Waals surface area contributed by atoms with Gasteiger partial charge in [-0.05, 0) is 25.5 Å². The van der Waals surface area contributed by atoms with E-state index in [9.17, 15) is 9.90 Å². The van der Waals surface area contributed by atoms with Gasteiger partial charge in [0.25, 0.3) is 5.91 Å². The maximum Gasteiger partial charge on any atom is 0.267 e. The van der Waals surface area contributed by atoms with Gasteiger partial charge >= 0.3 is 0 Å². The molecule has 0 radical (unpaired) electrons. The molecule has 3 rings (SSSR count). The number of carbonyl (C=O) groups excluding carboxylic acids is 1. The molecule has 0 aliphatic rings. The highest BCUT2D eigenvalue weighted by Crippen LogP contribution is 2.29. The normalized spacial score (nSPS) is 10.6. The lowest BCUT2D eigenvalue weighted by Gasteiger charge is -2.11. The first-order valence-corrected chi connectivity index (χ1v) is 8.93. The third-order valence-electron chi connectivity index (χ3n) is 3.49. The number of carbonyl (C=O) groups is 1. The topological polar surface area (TPSA) is 87.1 Å². The van der Waals surface area contributed by atoms with E-state index in [1.807, 2.05) is 12.3 Å². The summed E-state index contributed by atoms with van der Waals surface area (Å²) in [5, 5.41) is 19.3. The van der Waals surface area contributed by atoms with Crippen molar-refractivity contribution in [3.8, 4) is 5.75 Å². The lowest BCUT2D eigenvalue weighted by atomic mass is 10.1. The van der Waals surface area contributed by atoms with Crippen molar-refractivity contribution in [1.82, 2.24) is 9.97 Å². The van der Waals surface area contributed by atoms with Gasteiger partial charge < -0.3 is 15.7 Å². The Kier molecular flexibility index (Phi) is 4.77. The Morgan fingerprint density at radius 1 is 1.29 bits per heavy atom. The zero-order chi connectivity index (χ0) is 17.1. The Morgan fingerprint density at radius 2 is 2.12 bits per heavy atom. The van der Waals surface area contributed by atoms with Crippen molar-refractivity contribution in [3.05, 3.63) is 50.9 Å². The molecular weight excluding hydrogens is 344 g/mol. The monoisotopic (exact) mass is 360 g/mol. The minimum atomic E-state index is -0.244. The Hall–Kier alpha value is -2.45. The maximum atomic E-state index is 12.4. The summed E-state index contributed by atoms with van der Waals surface area (Å²) in [6, 6.07) is 3.39. The number of aromatic nitrogens is 2. The molecule has 1 amide bonds. The fourth-order valence-electron chi connectivity index (χ4n) is 2.16. The fourth-order valence-corrected chi connectivity index (χ4v) is 3.42. The number of aromatic hydroxyl groups is 1. The maximum absolute atomic E-state index is 12.4. The van der Waals surface area contributed by atoms with E-state index in [1.165, 1.54) is 17.5 Å². The quantitative estimate of drug-likeness (QED) is 0.644. The van der Waals surface area contributed by atoms with E-state index in [1.54, 1.807) is 36.6 Å². The zero-order valence-electron chi connectivity index (χ0n) is 13.2. The fraction of sp³-hybridized carbons (Fsp3) is 0.188. The van der Waals surface area contributed by atoms with Gasteiger partial charge in [0.15, 0.2) is 5.13 Å². The van der Waals surface area contributed by atoms with E-state index in [0.29, 0.717) is 27.8 Å². The number of thiazole rings is 2.